The second-order valence-corrected chi connectivity index (χ2v) is 6.27. The summed E-state index contributed by atoms with van der Waals surface area (Å²) in [6.45, 7) is 3.56. The van der Waals surface area contributed by atoms with Crippen molar-refractivity contribution in [3.05, 3.63) is 47.0 Å². The van der Waals surface area contributed by atoms with Gasteiger partial charge in [-0.25, -0.2) is 4.98 Å². The molecule has 24 heavy (non-hydrogen) atoms. The van der Waals surface area contributed by atoms with Crippen molar-refractivity contribution in [2.75, 3.05) is 26.8 Å². The van der Waals surface area contributed by atoms with Gasteiger partial charge in [-0.3, -0.25) is 10.00 Å². The number of likely N-dealkylation sites (tertiary alicyclic amines) is 1. The van der Waals surface area contributed by atoms with Gasteiger partial charge in [0.05, 0.1) is 18.2 Å². The van der Waals surface area contributed by atoms with Crippen LogP contribution in [0.25, 0.3) is 0 Å². The third-order valence-electron chi connectivity index (χ3n) is 4.42. The minimum Gasteiger partial charge on any atom is -0.384 e. The van der Waals surface area contributed by atoms with Crippen LogP contribution >= 0.6 is 0 Å². The largest absolute Gasteiger partial charge is 0.384 e. The van der Waals surface area contributed by atoms with Gasteiger partial charge in [0.1, 0.15) is 5.82 Å². The van der Waals surface area contributed by atoms with E-state index in [1.807, 2.05) is 18.2 Å². The Hall–Kier alpha value is -2.23. The number of nitrogens with zero attached hydrogens (tertiary/aromatic N) is 4. The average Bonchev–Trinajstić information content (AvgIpc) is 3.09. The molecule has 0 bridgehead atoms. The second kappa shape index (κ2) is 8.04. The zero-order chi connectivity index (χ0) is 16.8. The van der Waals surface area contributed by atoms with Crippen molar-refractivity contribution < 1.29 is 4.74 Å². The molecule has 1 fully saturated rings. The molecule has 1 aromatic heterocycles. The van der Waals surface area contributed by atoms with Crippen LogP contribution in [0.15, 0.2) is 24.3 Å². The molecular formula is C18H23N5O. The highest BCUT2D eigenvalue weighted by molar-refractivity contribution is 5.32. The highest BCUT2D eigenvalue weighted by atomic mass is 16.5. The summed E-state index contributed by atoms with van der Waals surface area (Å²) in [5.74, 6) is 2.17. The monoisotopic (exact) mass is 325 g/mol. The third kappa shape index (κ3) is 4.19. The highest BCUT2D eigenvalue weighted by Crippen LogP contribution is 2.25. The topological polar surface area (TPSA) is 77.8 Å². The SMILES string of the molecule is COCCc1nc(C2CCCN(Cc3cccc(C#N)c3)C2)n[nH]1. The Balaban J connectivity index is 1.61. The average molecular weight is 325 g/mol. The standard InChI is InChI=1S/C18H23N5O/c1-24-9-7-17-20-18(22-21-17)16-6-3-8-23(13-16)12-15-5-2-4-14(10-15)11-19/h2,4-5,10,16H,3,6-9,12-13H2,1H3,(H,20,21,22). The quantitative estimate of drug-likeness (QED) is 0.881. The third-order valence-corrected chi connectivity index (χ3v) is 4.42. The van der Waals surface area contributed by atoms with Crippen LogP contribution < -0.4 is 0 Å². The lowest BCUT2D eigenvalue weighted by molar-refractivity contribution is 0.196. The number of methoxy groups -OCH3 is 1. The number of benzene rings is 1. The van der Waals surface area contributed by atoms with Gasteiger partial charge < -0.3 is 4.74 Å². The molecule has 0 aliphatic carbocycles. The van der Waals surface area contributed by atoms with E-state index in [2.05, 4.69) is 32.2 Å². The summed E-state index contributed by atoms with van der Waals surface area (Å²) < 4.78 is 5.08. The van der Waals surface area contributed by atoms with Crippen LogP contribution in [0, 0.1) is 11.3 Å². The molecule has 1 atom stereocenters. The molecule has 0 spiro atoms. The maximum absolute atomic E-state index is 9.03. The Morgan fingerprint density at radius 1 is 1.46 bits per heavy atom. The van der Waals surface area contributed by atoms with Gasteiger partial charge >= 0.3 is 0 Å². The molecule has 1 aliphatic rings. The summed E-state index contributed by atoms with van der Waals surface area (Å²) >= 11 is 0. The van der Waals surface area contributed by atoms with Crippen molar-refractivity contribution in [1.82, 2.24) is 20.1 Å². The summed E-state index contributed by atoms with van der Waals surface area (Å²) in [6.07, 6.45) is 3.03. The molecule has 1 unspecified atom stereocenters. The van der Waals surface area contributed by atoms with E-state index in [0.717, 1.165) is 56.1 Å². The minimum absolute atomic E-state index is 0.366. The van der Waals surface area contributed by atoms with E-state index < -0.39 is 0 Å². The van der Waals surface area contributed by atoms with Gasteiger partial charge in [0.2, 0.25) is 0 Å². The van der Waals surface area contributed by atoms with Gasteiger partial charge in [-0.05, 0) is 37.1 Å². The van der Waals surface area contributed by atoms with Gasteiger partial charge in [-0.2, -0.15) is 10.4 Å². The van der Waals surface area contributed by atoms with E-state index in [-0.39, 0.29) is 0 Å². The molecule has 2 heterocycles. The van der Waals surface area contributed by atoms with Crippen molar-refractivity contribution >= 4 is 0 Å². The van der Waals surface area contributed by atoms with Crippen LogP contribution in [0.1, 0.15) is 41.5 Å². The van der Waals surface area contributed by atoms with Crippen molar-refractivity contribution in [1.29, 1.82) is 5.26 Å². The van der Waals surface area contributed by atoms with Gasteiger partial charge in [-0.1, -0.05) is 12.1 Å². The number of H-pyrrole nitrogens is 1. The van der Waals surface area contributed by atoms with E-state index >= 15 is 0 Å². The summed E-state index contributed by atoms with van der Waals surface area (Å²) in [5.41, 5.74) is 1.91. The van der Waals surface area contributed by atoms with Crippen molar-refractivity contribution in [3.63, 3.8) is 0 Å². The first kappa shape index (κ1) is 16.6. The second-order valence-electron chi connectivity index (χ2n) is 6.27. The van der Waals surface area contributed by atoms with Crippen LogP contribution in [-0.4, -0.2) is 46.9 Å². The zero-order valence-corrected chi connectivity index (χ0v) is 14.0. The Morgan fingerprint density at radius 2 is 2.38 bits per heavy atom. The van der Waals surface area contributed by atoms with Crippen molar-refractivity contribution in [3.8, 4) is 6.07 Å². The molecule has 1 aliphatic heterocycles. The van der Waals surface area contributed by atoms with Crippen molar-refractivity contribution in [2.45, 2.75) is 31.7 Å². The van der Waals surface area contributed by atoms with E-state index in [1.165, 1.54) is 5.56 Å². The van der Waals surface area contributed by atoms with E-state index in [0.29, 0.717) is 12.5 Å². The van der Waals surface area contributed by atoms with Crippen LogP contribution in [0.3, 0.4) is 0 Å². The number of ether oxygens (including phenoxy) is 1. The molecule has 0 radical (unpaired) electrons. The fourth-order valence-electron chi connectivity index (χ4n) is 3.21. The van der Waals surface area contributed by atoms with Gasteiger partial charge in [-0.15, -0.1) is 0 Å². The van der Waals surface area contributed by atoms with E-state index in [9.17, 15) is 0 Å². The maximum atomic E-state index is 9.03. The fraction of sp³-hybridized carbons (Fsp3) is 0.500. The molecule has 6 heteroatoms. The number of nitriles is 1. The molecule has 126 valence electrons. The number of hydrogen-bond donors (Lipinski definition) is 1. The Morgan fingerprint density at radius 3 is 3.21 bits per heavy atom. The van der Waals surface area contributed by atoms with Gasteiger partial charge in [0.15, 0.2) is 5.82 Å². The normalized spacial score (nSPS) is 18.4. The molecule has 1 N–H and O–H groups in total. The van der Waals surface area contributed by atoms with Gasteiger partial charge in [0.25, 0.3) is 0 Å². The molecule has 2 aromatic rings. The predicted molar refractivity (Wildman–Crippen MR) is 90.4 cm³/mol. The number of aromatic nitrogens is 3. The number of hydrogen-bond acceptors (Lipinski definition) is 5. The van der Waals surface area contributed by atoms with Gasteiger partial charge in [0, 0.05) is 32.5 Å². The van der Waals surface area contributed by atoms with Crippen LogP contribution in [0.5, 0.6) is 0 Å². The first-order chi connectivity index (χ1) is 11.8. The Bertz CT molecular complexity index is 705. The summed E-state index contributed by atoms with van der Waals surface area (Å²) in [5, 5.41) is 16.5. The molecule has 3 rings (SSSR count). The number of piperidine rings is 1. The molecular weight excluding hydrogens is 302 g/mol. The lowest BCUT2D eigenvalue weighted by atomic mass is 9.97. The highest BCUT2D eigenvalue weighted by Gasteiger charge is 2.24. The summed E-state index contributed by atoms with van der Waals surface area (Å²) in [7, 11) is 1.69. The van der Waals surface area contributed by atoms with Crippen LogP contribution in [-0.2, 0) is 17.7 Å². The van der Waals surface area contributed by atoms with E-state index in [4.69, 9.17) is 10.00 Å². The van der Waals surface area contributed by atoms with Crippen LogP contribution in [0.4, 0.5) is 0 Å². The molecule has 0 amide bonds. The predicted octanol–water partition coefficient (Wildman–Crippen LogP) is 2.24. The first-order valence-electron chi connectivity index (χ1n) is 8.40. The lowest BCUT2D eigenvalue weighted by Gasteiger charge is -2.31. The van der Waals surface area contributed by atoms with Crippen molar-refractivity contribution in [2.24, 2.45) is 0 Å². The first-order valence-corrected chi connectivity index (χ1v) is 8.40. The Labute approximate surface area is 142 Å². The van der Waals surface area contributed by atoms with Crippen LogP contribution in [0.2, 0.25) is 0 Å². The maximum Gasteiger partial charge on any atom is 0.155 e. The number of nitrogens with one attached hydrogen (secondary N) is 1. The zero-order valence-electron chi connectivity index (χ0n) is 14.0. The fourth-order valence-corrected chi connectivity index (χ4v) is 3.21. The molecule has 1 aromatic carbocycles. The number of aromatic amines is 1. The smallest absolute Gasteiger partial charge is 0.155 e. The number of rotatable bonds is 6. The molecule has 0 saturated carbocycles. The molecule has 6 nitrogen and oxygen atoms in total. The molecule has 1 saturated heterocycles. The lowest BCUT2D eigenvalue weighted by Crippen LogP contribution is -2.34. The summed E-state index contributed by atoms with van der Waals surface area (Å²) in [4.78, 5) is 7.05. The Kier molecular flexibility index (Phi) is 5.57. The minimum atomic E-state index is 0.366. The summed E-state index contributed by atoms with van der Waals surface area (Å²) in [6, 6.07) is 10.1. The van der Waals surface area contributed by atoms with E-state index in [1.54, 1.807) is 7.11 Å².